The number of hydrogen-bond donors (Lipinski definition) is 1. The molecule has 0 fully saturated rings. The van der Waals surface area contributed by atoms with E-state index >= 15 is 0 Å². The van der Waals surface area contributed by atoms with Gasteiger partial charge in [0.1, 0.15) is 0 Å². The van der Waals surface area contributed by atoms with Crippen LogP contribution in [0.1, 0.15) is 25.3 Å². The summed E-state index contributed by atoms with van der Waals surface area (Å²) in [6.07, 6.45) is -3.71. The van der Waals surface area contributed by atoms with Crippen molar-refractivity contribution in [1.82, 2.24) is 5.32 Å². The zero-order valence-electron chi connectivity index (χ0n) is 9.18. The van der Waals surface area contributed by atoms with Gasteiger partial charge in [0.25, 0.3) is 0 Å². The average molecular weight is 251 g/mol. The second-order valence-electron chi connectivity index (χ2n) is 3.91. The topological polar surface area (TPSA) is 12.0 Å². The fourth-order valence-electron chi connectivity index (χ4n) is 1.47. The standard InChI is InChI=1S/C11H16F3NS/c1-9(7-10-3-6-16-8-10)15-5-2-4-11(12,13)14/h3,6,8-9,15H,2,4-5,7H2,1H3. The van der Waals surface area contributed by atoms with Gasteiger partial charge in [0.2, 0.25) is 0 Å². The van der Waals surface area contributed by atoms with Crippen molar-refractivity contribution in [2.75, 3.05) is 6.54 Å². The number of halogens is 3. The quantitative estimate of drug-likeness (QED) is 0.762. The molecule has 0 aromatic carbocycles. The lowest BCUT2D eigenvalue weighted by Crippen LogP contribution is -2.29. The average Bonchev–Trinajstić information content (AvgIpc) is 2.63. The highest BCUT2D eigenvalue weighted by Crippen LogP contribution is 2.20. The van der Waals surface area contributed by atoms with E-state index in [2.05, 4.69) is 10.7 Å². The van der Waals surface area contributed by atoms with Gasteiger partial charge in [-0.3, -0.25) is 0 Å². The van der Waals surface area contributed by atoms with E-state index in [-0.39, 0.29) is 12.5 Å². The van der Waals surface area contributed by atoms with Crippen LogP contribution in [0.2, 0.25) is 0 Å². The van der Waals surface area contributed by atoms with Gasteiger partial charge in [-0.05, 0) is 48.7 Å². The Hall–Kier alpha value is -0.550. The maximum atomic E-state index is 11.9. The van der Waals surface area contributed by atoms with Gasteiger partial charge in [-0.2, -0.15) is 24.5 Å². The third kappa shape index (κ3) is 6.12. The van der Waals surface area contributed by atoms with E-state index in [0.29, 0.717) is 6.54 Å². The number of hydrogen-bond acceptors (Lipinski definition) is 2. The van der Waals surface area contributed by atoms with E-state index in [1.54, 1.807) is 11.3 Å². The van der Waals surface area contributed by atoms with Crippen molar-refractivity contribution in [3.8, 4) is 0 Å². The molecule has 16 heavy (non-hydrogen) atoms. The maximum Gasteiger partial charge on any atom is 0.389 e. The maximum absolute atomic E-state index is 11.9. The molecule has 0 aliphatic rings. The fraction of sp³-hybridized carbons (Fsp3) is 0.636. The van der Waals surface area contributed by atoms with Crippen molar-refractivity contribution in [1.29, 1.82) is 0 Å². The van der Waals surface area contributed by atoms with Crippen molar-refractivity contribution >= 4 is 11.3 Å². The lowest BCUT2D eigenvalue weighted by atomic mass is 10.1. The lowest BCUT2D eigenvalue weighted by Gasteiger charge is -2.13. The van der Waals surface area contributed by atoms with Gasteiger partial charge in [-0.15, -0.1) is 0 Å². The molecule has 0 radical (unpaired) electrons. The molecule has 1 unspecified atom stereocenters. The van der Waals surface area contributed by atoms with Gasteiger partial charge in [-0.1, -0.05) is 0 Å². The molecule has 1 rings (SSSR count). The highest BCUT2D eigenvalue weighted by atomic mass is 32.1. The summed E-state index contributed by atoms with van der Waals surface area (Å²) in [5.74, 6) is 0. The first-order valence-corrected chi connectivity index (χ1v) is 6.23. The van der Waals surface area contributed by atoms with Crippen molar-refractivity contribution in [2.24, 2.45) is 0 Å². The highest BCUT2D eigenvalue weighted by Gasteiger charge is 2.25. The van der Waals surface area contributed by atoms with E-state index in [1.165, 1.54) is 5.56 Å². The minimum Gasteiger partial charge on any atom is -0.314 e. The van der Waals surface area contributed by atoms with Crippen LogP contribution in [0.5, 0.6) is 0 Å². The zero-order valence-corrected chi connectivity index (χ0v) is 10.00. The van der Waals surface area contributed by atoms with Crippen molar-refractivity contribution in [3.63, 3.8) is 0 Å². The van der Waals surface area contributed by atoms with Gasteiger partial charge in [0, 0.05) is 12.5 Å². The molecule has 0 aliphatic heterocycles. The SMILES string of the molecule is CC(Cc1ccsc1)NCCCC(F)(F)F. The monoisotopic (exact) mass is 251 g/mol. The summed E-state index contributed by atoms with van der Waals surface area (Å²) >= 11 is 1.64. The molecule has 5 heteroatoms. The van der Waals surface area contributed by atoms with Crippen molar-refractivity contribution < 1.29 is 13.2 Å². The minimum atomic E-state index is -4.03. The smallest absolute Gasteiger partial charge is 0.314 e. The summed E-state index contributed by atoms with van der Waals surface area (Å²) in [6, 6.07) is 2.27. The van der Waals surface area contributed by atoms with E-state index in [1.807, 2.05) is 18.4 Å². The molecule has 92 valence electrons. The van der Waals surface area contributed by atoms with Gasteiger partial charge in [-0.25, -0.2) is 0 Å². The minimum absolute atomic E-state index is 0.150. The van der Waals surface area contributed by atoms with Crippen LogP contribution in [-0.4, -0.2) is 18.8 Å². The highest BCUT2D eigenvalue weighted by molar-refractivity contribution is 7.07. The Labute approximate surface area is 97.7 Å². The second kappa shape index (κ2) is 6.25. The van der Waals surface area contributed by atoms with Crippen molar-refractivity contribution in [2.45, 2.75) is 38.4 Å². The Kier molecular flexibility index (Phi) is 5.28. The second-order valence-corrected chi connectivity index (χ2v) is 4.69. The van der Waals surface area contributed by atoms with E-state index in [0.717, 1.165) is 6.42 Å². The molecular weight excluding hydrogens is 235 g/mol. The Morgan fingerprint density at radius 1 is 1.44 bits per heavy atom. The summed E-state index contributed by atoms with van der Waals surface area (Å²) in [5, 5.41) is 7.17. The number of nitrogens with one attached hydrogen (secondary N) is 1. The normalized spacial score (nSPS) is 14.0. The number of rotatable bonds is 6. The molecule has 0 amide bonds. The summed E-state index contributed by atoms with van der Waals surface area (Å²) in [5.41, 5.74) is 1.24. The molecule has 1 atom stereocenters. The molecule has 0 saturated heterocycles. The Balaban J connectivity index is 2.09. The zero-order chi connectivity index (χ0) is 12.0. The Morgan fingerprint density at radius 2 is 2.19 bits per heavy atom. The third-order valence-electron chi connectivity index (χ3n) is 2.25. The number of thiophene rings is 1. The first-order chi connectivity index (χ1) is 7.47. The molecule has 1 aromatic heterocycles. The van der Waals surface area contributed by atoms with E-state index in [4.69, 9.17) is 0 Å². The molecule has 1 aromatic rings. The van der Waals surface area contributed by atoms with Gasteiger partial charge in [0.15, 0.2) is 0 Å². The molecule has 0 spiro atoms. The third-order valence-corrected chi connectivity index (χ3v) is 2.98. The predicted octanol–water partition coefficient (Wildman–Crippen LogP) is 3.61. The molecule has 1 nitrogen and oxygen atoms in total. The summed E-state index contributed by atoms with van der Waals surface area (Å²) in [6.45, 7) is 2.41. The van der Waals surface area contributed by atoms with Crippen LogP contribution in [0.4, 0.5) is 13.2 Å². The Morgan fingerprint density at radius 3 is 2.75 bits per heavy atom. The van der Waals surface area contributed by atoms with Crippen LogP contribution >= 0.6 is 11.3 Å². The van der Waals surface area contributed by atoms with Crippen molar-refractivity contribution in [3.05, 3.63) is 22.4 Å². The summed E-state index contributed by atoms with van der Waals surface area (Å²) in [7, 11) is 0. The predicted molar refractivity (Wildman–Crippen MR) is 60.8 cm³/mol. The molecule has 0 aliphatic carbocycles. The summed E-state index contributed by atoms with van der Waals surface area (Å²) in [4.78, 5) is 0. The van der Waals surface area contributed by atoms with Crippen LogP contribution in [0.3, 0.4) is 0 Å². The van der Waals surface area contributed by atoms with Gasteiger partial charge in [0.05, 0.1) is 0 Å². The van der Waals surface area contributed by atoms with Crippen LogP contribution in [-0.2, 0) is 6.42 Å². The first kappa shape index (κ1) is 13.5. The number of alkyl halides is 3. The first-order valence-electron chi connectivity index (χ1n) is 5.28. The summed E-state index contributed by atoms with van der Waals surface area (Å²) < 4.78 is 35.6. The lowest BCUT2D eigenvalue weighted by molar-refractivity contribution is -0.135. The largest absolute Gasteiger partial charge is 0.389 e. The Bertz CT molecular complexity index is 282. The molecule has 1 heterocycles. The molecular formula is C11H16F3NS. The van der Waals surface area contributed by atoms with E-state index in [9.17, 15) is 13.2 Å². The molecule has 0 bridgehead atoms. The van der Waals surface area contributed by atoms with E-state index < -0.39 is 12.6 Å². The van der Waals surface area contributed by atoms with Gasteiger partial charge < -0.3 is 5.32 Å². The van der Waals surface area contributed by atoms with Crippen LogP contribution < -0.4 is 5.32 Å². The molecule has 1 N–H and O–H groups in total. The van der Waals surface area contributed by atoms with Gasteiger partial charge >= 0.3 is 6.18 Å². The van der Waals surface area contributed by atoms with Crippen LogP contribution in [0, 0.1) is 0 Å². The molecule has 0 saturated carbocycles. The van der Waals surface area contributed by atoms with Crippen LogP contribution in [0.15, 0.2) is 16.8 Å². The van der Waals surface area contributed by atoms with Crippen LogP contribution in [0.25, 0.3) is 0 Å². The fourth-order valence-corrected chi connectivity index (χ4v) is 2.15.